The topological polar surface area (TPSA) is 68.1 Å². The van der Waals surface area contributed by atoms with Crippen molar-refractivity contribution in [3.05, 3.63) is 46.3 Å². The third-order valence-electron chi connectivity index (χ3n) is 3.79. The maximum Gasteiger partial charge on any atom is 0.278 e. The lowest BCUT2D eigenvalue weighted by Gasteiger charge is -2.22. The molecule has 0 radical (unpaired) electrons. The number of benzene rings is 1. The van der Waals surface area contributed by atoms with Crippen molar-refractivity contribution in [1.29, 1.82) is 0 Å². The molecular formula is C15H19N3O2. The van der Waals surface area contributed by atoms with Crippen molar-refractivity contribution in [2.45, 2.75) is 32.7 Å². The standard InChI is InChI=1S/C15H19N3O2/c1-4-17-11(3)10(2)12-5-6-15(18(19)20)14-9-16-8-7-13(12)14/h5-11,17H,4H2,1-3H3. The second-order valence-corrected chi connectivity index (χ2v) is 4.99. The van der Waals surface area contributed by atoms with Crippen molar-refractivity contribution >= 4 is 16.5 Å². The highest BCUT2D eigenvalue weighted by Gasteiger charge is 2.20. The molecule has 0 aliphatic rings. The molecule has 20 heavy (non-hydrogen) atoms. The molecule has 2 atom stereocenters. The summed E-state index contributed by atoms with van der Waals surface area (Å²) in [5.74, 6) is 0.264. The van der Waals surface area contributed by atoms with E-state index in [1.165, 1.54) is 0 Å². The zero-order valence-electron chi connectivity index (χ0n) is 12.0. The molecule has 2 unspecified atom stereocenters. The Morgan fingerprint density at radius 1 is 1.30 bits per heavy atom. The smallest absolute Gasteiger partial charge is 0.278 e. The number of pyridine rings is 1. The molecule has 2 rings (SSSR count). The predicted octanol–water partition coefficient (Wildman–Crippen LogP) is 3.24. The van der Waals surface area contributed by atoms with Gasteiger partial charge in [0.25, 0.3) is 5.69 Å². The lowest BCUT2D eigenvalue weighted by atomic mass is 9.90. The van der Waals surface area contributed by atoms with E-state index in [9.17, 15) is 10.1 Å². The Morgan fingerprint density at radius 2 is 2.05 bits per heavy atom. The van der Waals surface area contributed by atoms with E-state index in [1.807, 2.05) is 12.1 Å². The zero-order chi connectivity index (χ0) is 14.7. The van der Waals surface area contributed by atoms with E-state index in [0.717, 1.165) is 17.5 Å². The number of nitro benzene ring substituents is 1. The number of rotatable bonds is 5. The van der Waals surface area contributed by atoms with Crippen molar-refractivity contribution in [3.63, 3.8) is 0 Å². The molecule has 1 N–H and O–H groups in total. The molecular weight excluding hydrogens is 254 g/mol. The van der Waals surface area contributed by atoms with E-state index in [0.29, 0.717) is 11.4 Å². The number of hydrogen-bond acceptors (Lipinski definition) is 4. The Bertz CT molecular complexity index is 628. The van der Waals surface area contributed by atoms with E-state index in [1.54, 1.807) is 18.5 Å². The van der Waals surface area contributed by atoms with Gasteiger partial charge in [-0.1, -0.05) is 19.9 Å². The molecule has 5 heteroatoms. The number of non-ortho nitro benzene ring substituents is 1. The van der Waals surface area contributed by atoms with E-state index >= 15 is 0 Å². The minimum absolute atomic E-state index is 0.111. The number of nitrogens with zero attached hydrogens (tertiary/aromatic N) is 2. The van der Waals surface area contributed by atoms with Crippen molar-refractivity contribution in [2.24, 2.45) is 0 Å². The zero-order valence-corrected chi connectivity index (χ0v) is 12.0. The van der Waals surface area contributed by atoms with Gasteiger partial charge in [-0.3, -0.25) is 15.1 Å². The van der Waals surface area contributed by atoms with Gasteiger partial charge in [0.15, 0.2) is 0 Å². The first-order chi connectivity index (χ1) is 9.56. The molecule has 0 aliphatic carbocycles. The quantitative estimate of drug-likeness (QED) is 0.670. The number of fused-ring (bicyclic) bond motifs is 1. The molecule has 1 aromatic heterocycles. The largest absolute Gasteiger partial charge is 0.314 e. The maximum absolute atomic E-state index is 11.1. The number of likely N-dealkylation sites (N-methyl/N-ethyl adjacent to an activating group) is 1. The molecule has 1 aromatic carbocycles. The van der Waals surface area contributed by atoms with Crippen LogP contribution >= 0.6 is 0 Å². The molecule has 0 fully saturated rings. The fourth-order valence-electron chi connectivity index (χ4n) is 2.52. The Labute approximate surface area is 118 Å². The minimum Gasteiger partial charge on any atom is -0.314 e. The monoisotopic (exact) mass is 273 g/mol. The first kappa shape index (κ1) is 14.4. The predicted molar refractivity (Wildman–Crippen MR) is 80.0 cm³/mol. The Kier molecular flexibility index (Phi) is 4.29. The first-order valence-corrected chi connectivity index (χ1v) is 6.80. The van der Waals surface area contributed by atoms with Gasteiger partial charge in [-0.25, -0.2) is 0 Å². The van der Waals surface area contributed by atoms with Crippen LogP contribution in [0.15, 0.2) is 30.6 Å². The highest BCUT2D eigenvalue weighted by Crippen LogP contribution is 2.32. The molecule has 0 saturated carbocycles. The highest BCUT2D eigenvalue weighted by atomic mass is 16.6. The van der Waals surface area contributed by atoms with Crippen LogP contribution in [0.5, 0.6) is 0 Å². The number of hydrogen-bond donors (Lipinski definition) is 1. The molecule has 0 spiro atoms. The summed E-state index contributed by atoms with van der Waals surface area (Å²) in [6.45, 7) is 7.23. The normalized spacial score (nSPS) is 14.2. The second kappa shape index (κ2) is 5.96. The van der Waals surface area contributed by atoms with E-state index in [-0.39, 0.29) is 16.5 Å². The fraction of sp³-hybridized carbons (Fsp3) is 0.400. The summed E-state index contributed by atoms with van der Waals surface area (Å²) < 4.78 is 0. The molecule has 0 bridgehead atoms. The number of aromatic nitrogens is 1. The SMILES string of the molecule is CCNC(C)C(C)c1ccc([N+](=O)[O-])c2cnccc12. The average Bonchev–Trinajstić information content (AvgIpc) is 2.45. The fourth-order valence-corrected chi connectivity index (χ4v) is 2.52. The maximum atomic E-state index is 11.1. The van der Waals surface area contributed by atoms with Gasteiger partial charge in [-0.2, -0.15) is 0 Å². The van der Waals surface area contributed by atoms with Crippen LogP contribution in [-0.4, -0.2) is 22.5 Å². The van der Waals surface area contributed by atoms with Gasteiger partial charge in [0.1, 0.15) is 0 Å². The molecule has 0 saturated heterocycles. The molecule has 2 aromatic rings. The summed E-state index contributed by atoms with van der Waals surface area (Å²) in [4.78, 5) is 14.8. The van der Waals surface area contributed by atoms with Gasteiger partial charge < -0.3 is 5.32 Å². The van der Waals surface area contributed by atoms with Gasteiger partial charge in [-0.15, -0.1) is 0 Å². The van der Waals surface area contributed by atoms with Crippen LogP contribution in [0.4, 0.5) is 5.69 Å². The van der Waals surface area contributed by atoms with Gasteiger partial charge in [0.05, 0.1) is 10.3 Å². The van der Waals surface area contributed by atoms with Crippen molar-refractivity contribution < 1.29 is 4.92 Å². The van der Waals surface area contributed by atoms with Crippen LogP contribution in [0.3, 0.4) is 0 Å². The van der Waals surface area contributed by atoms with Crippen LogP contribution in [0.1, 0.15) is 32.3 Å². The summed E-state index contributed by atoms with van der Waals surface area (Å²) in [7, 11) is 0. The van der Waals surface area contributed by atoms with Crippen molar-refractivity contribution in [3.8, 4) is 0 Å². The summed E-state index contributed by atoms with van der Waals surface area (Å²) in [5.41, 5.74) is 1.22. The molecule has 5 nitrogen and oxygen atoms in total. The van der Waals surface area contributed by atoms with E-state index in [2.05, 4.69) is 31.1 Å². The molecule has 0 aliphatic heterocycles. The van der Waals surface area contributed by atoms with Crippen LogP contribution in [0.25, 0.3) is 10.8 Å². The minimum atomic E-state index is -0.355. The van der Waals surface area contributed by atoms with Crippen molar-refractivity contribution in [2.75, 3.05) is 6.54 Å². The summed E-state index contributed by atoms with van der Waals surface area (Å²) in [6.07, 6.45) is 3.25. The third-order valence-corrected chi connectivity index (χ3v) is 3.79. The van der Waals surface area contributed by atoms with E-state index < -0.39 is 0 Å². The van der Waals surface area contributed by atoms with Gasteiger partial charge >= 0.3 is 0 Å². The Balaban J connectivity index is 2.56. The Hall–Kier alpha value is -2.01. The lowest BCUT2D eigenvalue weighted by Crippen LogP contribution is -2.30. The second-order valence-electron chi connectivity index (χ2n) is 4.99. The summed E-state index contributed by atoms with van der Waals surface area (Å²) in [5, 5.41) is 16.0. The number of nitro groups is 1. The molecule has 106 valence electrons. The van der Waals surface area contributed by atoms with Crippen LogP contribution in [-0.2, 0) is 0 Å². The van der Waals surface area contributed by atoms with Gasteiger partial charge in [0.2, 0.25) is 0 Å². The van der Waals surface area contributed by atoms with Crippen molar-refractivity contribution in [1.82, 2.24) is 10.3 Å². The molecule has 0 amide bonds. The summed E-state index contributed by atoms with van der Waals surface area (Å²) >= 11 is 0. The average molecular weight is 273 g/mol. The summed E-state index contributed by atoms with van der Waals surface area (Å²) in [6, 6.07) is 5.60. The van der Waals surface area contributed by atoms with Gasteiger partial charge in [0, 0.05) is 24.5 Å². The van der Waals surface area contributed by atoms with E-state index in [4.69, 9.17) is 0 Å². The molecule has 1 heterocycles. The third kappa shape index (κ3) is 2.63. The van der Waals surface area contributed by atoms with Crippen LogP contribution < -0.4 is 5.32 Å². The number of nitrogens with one attached hydrogen (secondary N) is 1. The van der Waals surface area contributed by atoms with Gasteiger partial charge in [-0.05, 0) is 36.4 Å². The lowest BCUT2D eigenvalue weighted by molar-refractivity contribution is -0.383. The van der Waals surface area contributed by atoms with Crippen LogP contribution in [0, 0.1) is 10.1 Å². The Morgan fingerprint density at radius 3 is 2.70 bits per heavy atom. The van der Waals surface area contributed by atoms with Crippen LogP contribution in [0.2, 0.25) is 0 Å². The first-order valence-electron chi connectivity index (χ1n) is 6.80. The highest BCUT2D eigenvalue weighted by molar-refractivity contribution is 5.92.